The summed E-state index contributed by atoms with van der Waals surface area (Å²) in [5.74, 6) is 0.871. The molecule has 2 aromatic carbocycles. The molecule has 282 valence electrons. The Morgan fingerprint density at radius 1 is 0.982 bits per heavy atom. The highest BCUT2D eigenvalue weighted by Gasteiger charge is 2.51. The molecular formula is C42H44N8O5. The van der Waals surface area contributed by atoms with Gasteiger partial charge >= 0.3 is 0 Å². The number of carbonyl (C=O) groups excluding carboxylic acids is 3. The molecule has 2 N–H and O–H groups in total. The fraction of sp³-hybridized carbons (Fsp3) is 0.381. The number of ether oxygens (including phenoxy) is 2. The van der Waals surface area contributed by atoms with Gasteiger partial charge in [0.15, 0.2) is 5.65 Å². The van der Waals surface area contributed by atoms with Crippen molar-refractivity contribution in [3.63, 3.8) is 0 Å². The Morgan fingerprint density at radius 2 is 1.82 bits per heavy atom. The Labute approximate surface area is 319 Å². The van der Waals surface area contributed by atoms with Crippen LogP contribution in [0.4, 0.5) is 17.2 Å². The minimum absolute atomic E-state index is 0.0242. The molecule has 0 radical (unpaired) electrons. The molecule has 0 bridgehead atoms. The number of pyridine rings is 2. The number of nitrogens with one attached hydrogen (secondary N) is 2. The number of benzene rings is 2. The van der Waals surface area contributed by atoms with E-state index in [0.29, 0.717) is 65.1 Å². The molecule has 13 heteroatoms. The molecule has 55 heavy (non-hydrogen) atoms. The lowest BCUT2D eigenvalue weighted by Gasteiger charge is -2.35. The van der Waals surface area contributed by atoms with Crippen LogP contribution in [0.3, 0.4) is 0 Å². The van der Waals surface area contributed by atoms with Crippen LogP contribution in [-0.4, -0.2) is 81.4 Å². The van der Waals surface area contributed by atoms with Gasteiger partial charge in [0.1, 0.15) is 29.0 Å². The maximum absolute atomic E-state index is 14.0. The quantitative estimate of drug-likeness (QED) is 0.160. The van der Waals surface area contributed by atoms with E-state index in [0.717, 1.165) is 67.3 Å². The summed E-state index contributed by atoms with van der Waals surface area (Å²) in [5.41, 5.74) is 7.17. The van der Waals surface area contributed by atoms with Crippen molar-refractivity contribution in [1.82, 2.24) is 29.3 Å². The Morgan fingerprint density at radius 3 is 2.56 bits per heavy atom. The highest BCUT2D eigenvalue weighted by molar-refractivity contribution is 6.00. The topological polar surface area (TPSA) is 144 Å². The molecule has 5 aromatic rings. The van der Waals surface area contributed by atoms with Crippen molar-refractivity contribution in [2.45, 2.75) is 63.1 Å². The molecule has 2 aliphatic heterocycles. The average Bonchev–Trinajstić information content (AvgIpc) is 4.14. The molecule has 1 spiro atoms. The number of rotatable bonds is 10. The second kappa shape index (κ2) is 13.8. The summed E-state index contributed by atoms with van der Waals surface area (Å²) in [6.07, 6.45) is 8.27. The van der Waals surface area contributed by atoms with Gasteiger partial charge in [-0.2, -0.15) is 0 Å². The molecule has 13 nitrogen and oxygen atoms in total. The average molecular weight is 741 g/mol. The number of fused-ring (bicyclic) bond motifs is 3. The van der Waals surface area contributed by atoms with E-state index >= 15 is 0 Å². The normalized spacial score (nSPS) is 18.6. The van der Waals surface area contributed by atoms with Gasteiger partial charge in [0.2, 0.25) is 5.91 Å². The molecule has 4 aliphatic rings. The second-order valence-electron chi connectivity index (χ2n) is 15.4. The molecule has 1 unspecified atom stereocenters. The van der Waals surface area contributed by atoms with E-state index in [-0.39, 0.29) is 35.3 Å². The van der Waals surface area contributed by atoms with Crippen LogP contribution in [0.1, 0.15) is 83.3 Å². The highest BCUT2D eigenvalue weighted by Crippen LogP contribution is 2.54. The van der Waals surface area contributed by atoms with Gasteiger partial charge in [-0.05, 0) is 86.4 Å². The number of anilines is 3. The van der Waals surface area contributed by atoms with E-state index < -0.39 is 0 Å². The van der Waals surface area contributed by atoms with Crippen LogP contribution in [0.25, 0.3) is 22.3 Å². The maximum Gasteiger partial charge on any atom is 0.271 e. The number of hydrogen-bond donors (Lipinski definition) is 2. The Bertz CT molecular complexity index is 2340. The number of methoxy groups -OCH3 is 1. The summed E-state index contributed by atoms with van der Waals surface area (Å²) >= 11 is 0. The Hall–Kier alpha value is -5.82. The third-order valence-electron chi connectivity index (χ3n) is 11.2. The molecule has 5 heterocycles. The van der Waals surface area contributed by atoms with Crippen molar-refractivity contribution in [3.05, 3.63) is 89.5 Å². The lowest BCUT2D eigenvalue weighted by atomic mass is 9.84. The molecule has 1 atom stereocenters. The fourth-order valence-corrected chi connectivity index (χ4v) is 7.97. The number of hydrogen-bond acceptors (Lipinski definition) is 9. The van der Waals surface area contributed by atoms with Crippen molar-refractivity contribution in [1.29, 1.82) is 0 Å². The second-order valence-corrected chi connectivity index (χ2v) is 15.4. The van der Waals surface area contributed by atoms with Gasteiger partial charge in [-0.25, -0.2) is 15.0 Å². The number of nitrogens with zero attached hydrogens (tertiary/aromatic N) is 6. The molecule has 2 saturated carbocycles. The van der Waals surface area contributed by atoms with Crippen molar-refractivity contribution in [2.75, 3.05) is 45.0 Å². The predicted octanol–water partition coefficient (Wildman–Crippen LogP) is 6.68. The number of carbonyl (C=O) groups is 3. The highest BCUT2D eigenvalue weighted by atomic mass is 16.5. The number of aromatic nitrogens is 4. The fourth-order valence-electron chi connectivity index (χ4n) is 7.97. The zero-order chi connectivity index (χ0) is 37.8. The molecule has 3 aromatic heterocycles. The van der Waals surface area contributed by atoms with Gasteiger partial charge in [0.25, 0.3) is 11.8 Å². The number of para-hydroxylation sites is 1. The third kappa shape index (κ3) is 6.56. The third-order valence-corrected chi connectivity index (χ3v) is 11.2. The van der Waals surface area contributed by atoms with Crippen LogP contribution in [0, 0.1) is 5.92 Å². The summed E-state index contributed by atoms with van der Waals surface area (Å²) in [5, 5.41) is 6.60. The van der Waals surface area contributed by atoms with Crippen LogP contribution in [0.15, 0.2) is 67.0 Å². The van der Waals surface area contributed by atoms with E-state index in [1.807, 2.05) is 58.0 Å². The van der Waals surface area contributed by atoms with Crippen molar-refractivity contribution < 1.29 is 23.9 Å². The van der Waals surface area contributed by atoms with Gasteiger partial charge < -0.3 is 29.9 Å². The number of amides is 3. The van der Waals surface area contributed by atoms with Crippen LogP contribution in [-0.2, 0) is 21.5 Å². The van der Waals surface area contributed by atoms with Crippen molar-refractivity contribution >= 4 is 46.1 Å². The van der Waals surface area contributed by atoms with Crippen LogP contribution in [0.2, 0.25) is 0 Å². The standard InChI is InChI=1S/C42H44N8O5/c1-48(2)41(53)32-11-6-8-27(44-32)22-49-23-42(17-18-42)30-20-26(15-16-29(30)40(49)52)28-9-7-10-31(37(28)54-3)45-33-21-34(47-39(51)25-13-14-25)46-38-36(33)43-24-50(38)35-12-4-5-19-55-35/h6-11,15-16,20-21,24-25,35H,4-5,12-14,17-19,22-23H2,1-3H3,(H2,45,46,47,51). The lowest BCUT2D eigenvalue weighted by molar-refractivity contribution is -0.117. The van der Waals surface area contributed by atoms with E-state index in [2.05, 4.69) is 21.7 Å². The van der Waals surface area contributed by atoms with Gasteiger partial charge in [-0.1, -0.05) is 24.3 Å². The molecule has 3 fully saturated rings. The predicted molar refractivity (Wildman–Crippen MR) is 207 cm³/mol. The lowest BCUT2D eigenvalue weighted by Crippen LogP contribution is -2.43. The Balaban J connectivity index is 1.03. The van der Waals surface area contributed by atoms with Gasteiger partial charge in [0.05, 0.1) is 37.1 Å². The maximum atomic E-state index is 14.0. The smallest absolute Gasteiger partial charge is 0.271 e. The first-order chi connectivity index (χ1) is 26.7. The summed E-state index contributed by atoms with van der Waals surface area (Å²) in [6.45, 7) is 1.60. The first kappa shape index (κ1) is 34.9. The zero-order valence-corrected chi connectivity index (χ0v) is 31.3. The number of imidazole rings is 1. The molecule has 2 aliphatic carbocycles. The van der Waals surface area contributed by atoms with Gasteiger partial charge in [0, 0.05) is 55.8 Å². The van der Waals surface area contributed by atoms with Crippen molar-refractivity contribution in [2.24, 2.45) is 5.92 Å². The van der Waals surface area contributed by atoms with Crippen LogP contribution >= 0.6 is 0 Å². The first-order valence-corrected chi connectivity index (χ1v) is 19.1. The summed E-state index contributed by atoms with van der Waals surface area (Å²) < 4.78 is 14.2. The summed E-state index contributed by atoms with van der Waals surface area (Å²) in [4.78, 5) is 57.0. The van der Waals surface area contributed by atoms with Gasteiger partial charge in [-0.15, -0.1) is 0 Å². The largest absolute Gasteiger partial charge is 0.494 e. The molecule has 3 amide bonds. The molecule has 1 saturated heterocycles. The van der Waals surface area contributed by atoms with Crippen LogP contribution < -0.4 is 15.4 Å². The van der Waals surface area contributed by atoms with E-state index in [9.17, 15) is 14.4 Å². The summed E-state index contributed by atoms with van der Waals surface area (Å²) in [7, 11) is 5.05. The molecule has 9 rings (SSSR count). The van der Waals surface area contributed by atoms with E-state index in [4.69, 9.17) is 19.4 Å². The zero-order valence-electron chi connectivity index (χ0n) is 31.3. The molecular weight excluding hydrogens is 697 g/mol. The summed E-state index contributed by atoms with van der Waals surface area (Å²) in [6, 6.07) is 19.2. The SMILES string of the molecule is COc1c(Nc2cc(NC(=O)C3CC3)nc3c2ncn3C2CCCCO2)cccc1-c1ccc2c(c1)C1(CC1)CN(Cc1cccc(C(=O)N(C)C)n1)C2=O. The van der Waals surface area contributed by atoms with E-state index in [1.165, 1.54) is 4.90 Å². The monoisotopic (exact) mass is 740 g/mol. The minimum Gasteiger partial charge on any atom is -0.494 e. The van der Waals surface area contributed by atoms with Gasteiger partial charge in [-0.3, -0.25) is 19.0 Å². The minimum atomic E-state index is -0.175. The van der Waals surface area contributed by atoms with Crippen LogP contribution in [0.5, 0.6) is 5.75 Å². The van der Waals surface area contributed by atoms with Crippen molar-refractivity contribution in [3.8, 4) is 16.9 Å². The Kier molecular flexibility index (Phi) is 8.76. The van der Waals surface area contributed by atoms with E-state index in [1.54, 1.807) is 33.6 Å². The first-order valence-electron chi connectivity index (χ1n) is 19.1.